The average molecular weight is 302 g/mol. The van der Waals surface area contributed by atoms with Gasteiger partial charge >= 0.3 is 12.0 Å². The largest absolute Gasteiger partial charge is 0.481 e. The molecule has 2 atom stereocenters. The number of carbonyl (C=O) groups is 2. The molecule has 1 saturated heterocycles. The lowest BCUT2D eigenvalue weighted by atomic mass is 10.0. The molecule has 1 rings (SSSR count). The molecule has 0 aromatic rings. The highest BCUT2D eigenvalue weighted by Crippen LogP contribution is 2.24. The topological polar surface area (TPSA) is 78.4 Å². The Morgan fingerprint density at radius 1 is 1.30 bits per heavy atom. The molecule has 6 heteroatoms. The van der Waals surface area contributed by atoms with E-state index in [-0.39, 0.29) is 12.5 Å². The number of aliphatic carboxylic acids is 1. The number of thioether (sulfide) groups is 1. The fraction of sp³-hybridized carbons (Fsp3) is 0.857. The monoisotopic (exact) mass is 302 g/mol. The summed E-state index contributed by atoms with van der Waals surface area (Å²) in [6.07, 6.45) is 5.43. The van der Waals surface area contributed by atoms with Crippen LogP contribution in [0.1, 0.15) is 45.4 Å². The second-order valence-electron chi connectivity index (χ2n) is 5.45. The zero-order valence-corrected chi connectivity index (χ0v) is 13.0. The molecule has 5 nitrogen and oxygen atoms in total. The van der Waals surface area contributed by atoms with E-state index < -0.39 is 5.97 Å². The van der Waals surface area contributed by atoms with Gasteiger partial charge in [0.05, 0.1) is 0 Å². The van der Waals surface area contributed by atoms with Gasteiger partial charge in [-0.05, 0) is 37.4 Å². The van der Waals surface area contributed by atoms with Crippen LogP contribution in [0.25, 0.3) is 0 Å². The predicted octanol–water partition coefficient (Wildman–Crippen LogP) is 2.46. The van der Waals surface area contributed by atoms with Gasteiger partial charge in [-0.25, -0.2) is 4.79 Å². The number of hydrogen-bond donors (Lipinski definition) is 3. The van der Waals surface area contributed by atoms with E-state index in [0.717, 1.165) is 13.0 Å². The Balaban J connectivity index is 2.00. The summed E-state index contributed by atoms with van der Waals surface area (Å²) in [7, 11) is 0. The quantitative estimate of drug-likeness (QED) is 0.643. The average Bonchev–Trinajstić information content (AvgIpc) is 2.44. The number of hydrogen-bond acceptors (Lipinski definition) is 3. The maximum atomic E-state index is 11.6. The highest BCUT2D eigenvalue weighted by Gasteiger charge is 2.14. The molecule has 1 fully saturated rings. The molecule has 1 aliphatic heterocycles. The number of amides is 2. The highest BCUT2D eigenvalue weighted by atomic mass is 32.2. The Bertz CT molecular complexity index is 307. The van der Waals surface area contributed by atoms with Gasteiger partial charge in [0.25, 0.3) is 0 Å². The van der Waals surface area contributed by atoms with Crippen molar-refractivity contribution in [3.63, 3.8) is 0 Å². The van der Waals surface area contributed by atoms with E-state index in [1.165, 1.54) is 25.0 Å². The molecule has 2 unspecified atom stereocenters. The van der Waals surface area contributed by atoms with Gasteiger partial charge in [0.2, 0.25) is 0 Å². The molecular weight excluding hydrogens is 276 g/mol. The maximum absolute atomic E-state index is 11.6. The van der Waals surface area contributed by atoms with Gasteiger partial charge in [0.1, 0.15) is 0 Å². The molecule has 20 heavy (non-hydrogen) atoms. The van der Waals surface area contributed by atoms with Gasteiger partial charge in [-0.1, -0.05) is 13.3 Å². The van der Waals surface area contributed by atoms with Crippen LogP contribution in [-0.2, 0) is 4.79 Å². The van der Waals surface area contributed by atoms with Crippen molar-refractivity contribution >= 4 is 23.8 Å². The lowest BCUT2D eigenvalue weighted by Crippen LogP contribution is -2.40. The summed E-state index contributed by atoms with van der Waals surface area (Å²) in [5, 5.41) is 14.9. The molecule has 0 spiro atoms. The van der Waals surface area contributed by atoms with Crippen molar-refractivity contribution in [1.29, 1.82) is 0 Å². The molecule has 3 N–H and O–H groups in total. The fourth-order valence-corrected chi connectivity index (χ4v) is 3.42. The van der Waals surface area contributed by atoms with Gasteiger partial charge in [-0.2, -0.15) is 11.8 Å². The molecule has 1 aliphatic rings. The molecular formula is C14H26N2O3S. The summed E-state index contributed by atoms with van der Waals surface area (Å²) in [5.74, 6) is 0.766. The van der Waals surface area contributed by atoms with Gasteiger partial charge in [-0.15, -0.1) is 0 Å². The third kappa shape index (κ3) is 8.30. The van der Waals surface area contributed by atoms with Crippen molar-refractivity contribution in [3.8, 4) is 0 Å². The van der Waals surface area contributed by atoms with Crippen molar-refractivity contribution in [2.75, 3.05) is 18.8 Å². The van der Waals surface area contributed by atoms with Crippen LogP contribution in [0.3, 0.4) is 0 Å². The first kappa shape index (κ1) is 17.1. The van der Waals surface area contributed by atoms with E-state index in [4.69, 9.17) is 5.11 Å². The van der Waals surface area contributed by atoms with Gasteiger partial charge in [-0.3, -0.25) is 4.79 Å². The van der Waals surface area contributed by atoms with Crippen LogP contribution in [0.5, 0.6) is 0 Å². The van der Waals surface area contributed by atoms with Crippen LogP contribution >= 0.6 is 11.8 Å². The first-order valence-electron chi connectivity index (χ1n) is 7.43. The van der Waals surface area contributed by atoms with Crippen molar-refractivity contribution in [2.45, 2.75) is 50.7 Å². The lowest BCUT2D eigenvalue weighted by molar-refractivity contribution is -0.137. The fourth-order valence-electron chi connectivity index (χ4n) is 2.18. The number of carboxylic acids is 1. The van der Waals surface area contributed by atoms with Crippen LogP contribution in [0.2, 0.25) is 0 Å². The minimum Gasteiger partial charge on any atom is -0.481 e. The highest BCUT2D eigenvalue weighted by molar-refractivity contribution is 7.99. The Hall–Kier alpha value is -0.910. The lowest BCUT2D eigenvalue weighted by Gasteiger charge is -2.21. The minimum absolute atomic E-state index is 0.110. The summed E-state index contributed by atoms with van der Waals surface area (Å²) < 4.78 is 0. The number of carbonyl (C=O) groups excluding carboxylic acids is 1. The van der Waals surface area contributed by atoms with Crippen molar-refractivity contribution in [1.82, 2.24) is 10.6 Å². The number of nitrogens with one attached hydrogen (secondary N) is 2. The minimum atomic E-state index is -0.757. The summed E-state index contributed by atoms with van der Waals surface area (Å²) in [6, 6.07) is -0.110. The third-order valence-electron chi connectivity index (χ3n) is 3.54. The first-order chi connectivity index (χ1) is 9.58. The predicted molar refractivity (Wildman–Crippen MR) is 82.1 cm³/mol. The van der Waals surface area contributed by atoms with Crippen molar-refractivity contribution in [2.24, 2.45) is 5.92 Å². The second-order valence-corrected chi connectivity index (χ2v) is 6.86. The molecule has 0 saturated carbocycles. The Labute approximate surface area is 125 Å². The van der Waals surface area contributed by atoms with Crippen LogP contribution in [0, 0.1) is 5.92 Å². The number of rotatable bonds is 8. The van der Waals surface area contributed by atoms with Gasteiger partial charge < -0.3 is 15.7 Å². The van der Waals surface area contributed by atoms with Crippen molar-refractivity contribution in [3.05, 3.63) is 0 Å². The Morgan fingerprint density at radius 2 is 2.10 bits per heavy atom. The zero-order chi connectivity index (χ0) is 14.8. The van der Waals surface area contributed by atoms with E-state index in [0.29, 0.717) is 24.1 Å². The SMILES string of the molecule is CC(CCNC(=O)NCC1CCCCS1)CCC(=O)O. The summed E-state index contributed by atoms with van der Waals surface area (Å²) in [6.45, 7) is 3.36. The van der Waals surface area contributed by atoms with Gasteiger partial charge in [0, 0.05) is 24.8 Å². The normalized spacial score (nSPS) is 20.1. The maximum Gasteiger partial charge on any atom is 0.314 e. The van der Waals surface area contributed by atoms with Crippen LogP contribution < -0.4 is 10.6 Å². The smallest absolute Gasteiger partial charge is 0.314 e. The van der Waals surface area contributed by atoms with Gasteiger partial charge in [0.15, 0.2) is 0 Å². The van der Waals surface area contributed by atoms with E-state index in [1.54, 1.807) is 0 Å². The molecule has 116 valence electrons. The third-order valence-corrected chi connectivity index (χ3v) is 4.94. The summed E-state index contributed by atoms with van der Waals surface area (Å²) in [4.78, 5) is 22.0. The zero-order valence-electron chi connectivity index (χ0n) is 12.2. The first-order valence-corrected chi connectivity index (χ1v) is 8.48. The molecule has 0 radical (unpaired) electrons. The second kappa shape index (κ2) is 9.91. The van der Waals surface area contributed by atoms with Crippen molar-refractivity contribution < 1.29 is 14.7 Å². The van der Waals surface area contributed by atoms with E-state index >= 15 is 0 Å². The number of urea groups is 1. The molecule has 0 bridgehead atoms. The molecule has 0 aliphatic carbocycles. The molecule has 1 heterocycles. The number of carboxylic acid groups (broad SMARTS) is 1. The van der Waals surface area contributed by atoms with E-state index in [1.807, 2.05) is 18.7 Å². The molecule has 0 aromatic heterocycles. The van der Waals surface area contributed by atoms with Crippen LogP contribution in [0.4, 0.5) is 4.79 Å². The standard InChI is InChI=1S/C14H26N2O3S/c1-11(5-6-13(17)18)7-8-15-14(19)16-10-12-4-2-3-9-20-12/h11-12H,2-10H2,1H3,(H,17,18)(H2,15,16,19). The summed E-state index contributed by atoms with van der Waals surface area (Å²) in [5.41, 5.74) is 0. The summed E-state index contributed by atoms with van der Waals surface area (Å²) >= 11 is 1.95. The molecule has 2 amide bonds. The Kier molecular flexibility index (Phi) is 8.49. The molecule has 0 aromatic carbocycles. The Morgan fingerprint density at radius 3 is 2.75 bits per heavy atom. The van der Waals surface area contributed by atoms with E-state index in [2.05, 4.69) is 10.6 Å². The van der Waals surface area contributed by atoms with Crippen LogP contribution in [-0.4, -0.2) is 41.2 Å². The van der Waals surface area contributed by atoms with E-state index in [9.17, 15) is 9.59 Å². The van der Waals surface area contributed by atoms with Crippen LogP contribution in [0.15, 0.2) is 0 Å².